The Morgan fingerprint density at radius 3 is 2.39 bits per heavy atom. The second-order valence-corrected chi connectivity index (χ2v) is 10.6. The number of fused-ring (bicyclic) bond motifs is 1. The predicted molar refractivity (Wildman–Crippen MR) is 125 cm³/mol. The van der Waals surface area contributed by atoms with Crippen molar-refractivity contribution in [3.8, 4) is 5.75 Å². The van der Waals surface area contributed by atoms with E-state index in [1.165, 1.54) is 29.2 Å². The average molecular weight is 424 g/mol. The highest BCUT2D eigenvalue weighted by atomic mass is 16.5. The van der Waals surface area contributed by atoms with Crippen LogP contribution in [-0.2, 0) is 11.3 Å². The van der Waals surface area contributed by atoms with E-state index in [0.29, 0.717) is 11.5 Å². The first kappa shape index (κ1) is 22.1. The molecule has 4 rings (SSSR count). The number of hydrogen-bond donors (Lipinski definition) is 1. The van der Waals surface area contributed by atoms with Gasteiger partial charge in [-0.1, -0.05) is 45.0 Å². The lowest BCUT2D eigenvalue weighted by atomic mass is 9.72. The van der Waals surface area contributed by atoms with Gasteiger partial charge in [0.1, 0.15) is 5.75 Å². The van der Waals surface area contributed by atoms with E-state index in [-0.39, 0.29) is 5.92 Å². The third kappa shape index (κ3) is 5.41. The minimum atomic E-state index is -0.650. The Balaban J connectivity index is 1.42. The van der Waals surface area contributed by atoms with Crippen LogP contribution in [-0.4, -0.2) is 35.2 Å². The molecule has 4 heteroatoms. The molecule has 4 nitrogen and oxygen atoms in total. The number of nitrogens with zero attached hydrogens (tertiary/aromatic N) is 1. The maximum Gasteiger partial charge on any atom is 0.306 e. The first-order valence-electron chi connectivity index (χ1n) is 11.9. The Labute approximate surface area is 186 Å². The Morgan fingerprint density at radius 2 is 1.74 bits per heavy atom. The number of likely N-dealkylation sites (tertiary alicyclic amines) is 1. The molecule has 2 aliphatic rings. The van der Waals surface area contributed by atoms with Crippen molar-refractivity contribution < 1.29 is 14.6 Å². The minimum absolute atomic E-state index is 0.183. The highest BCUT2D eigenvalue weighted by molar-refractivity contribution is 5.87. The highest BCUT2D eigenvalue weighted by Gasteiger charge is 2.30. The SMILES string of the molecule is CC(C)(C)C1CCC(Oc2ccc3cccc(CN4CCC(C(=O)O)CC4)c3c2)CC1. The highest BCUT2D eigenvalue weighted by Crippen LogP contribution is 2.39. The lowest BCUT2D eigenvalue weighted by Crippen LogP contribution is -2.35. The van der Waals surface area contributed by atoms with Crippen LogP contribution in [0.25, 0.3) is 10.8 Å². The molecule has 0 bridgehead atoms. The molecule has 1 saturated carbocycles. The predicted octanol–water partition coefficient (Wildman–Crippen LogP) is 6.12. The number of hydrogen-bond acceptors (Lipinski definition) is 3. The van der Waals surface area contributed by atoms with Crippen molar-refractivity contribution in [3.63, 3.8) is 0 Å². The van der Waals surface area contributed by atoms with Crippen LogP contribution in [0.1, 0.15) is 64.9 Å². The number of carbonyl (C=O) groups is 1. The van der Waals surface area contributed by atoms with Crippen molar-refractivity contribution in [2.24, 2.45) is 17.3 Å². The molecular formula is C27H37NO3. The molecule has 0 atom stereocenters. The lowest BCUT2D eigenvalue weighted by Gasteiger charge is -2.37. The smallest absolute Gasteiger partial charge is 0.306 e. The number of rotatable bonds is 5. The van der Waals surface area contributed by atoms with E-state index < -0.39 is 5.97 Å². The minimum Gasteiger partial charge on any atom is -0.490 e. The van der Waals surface area contributed by atoms with Crippen LogP contribution in [0.4, 0.5) is 0 Å². The van der Waals surface area contributed by atoms with Crippen molar-refractivity contribution in [1.29, 1.82) is 0 Å². The van der Waals surface area contributed by atoms with Crippen molar-refractivity contribution in [2.75, 3.05) is 13.1 Å². The van der Waals surface area contributed by atoms with Gasteiger partial charge in [0.15, 0.2) is 0 Å². The van der Waals surface area contributed by atoms with Gasteiger partial charge in [-0.2, -0.15) is 0 Å². The molecule has 0 radical (unpaired) electrons. The van der Waals surface area contributed by atoms with Gasteiger partial charge in [0.05, 0.1) is 12.0 Å². The molecule has 2 aromatic carbocycles. The second kappa shape index (κ2) is 9.20. The van der Waals surface area contributed by atoms with Crippen LogP contribution in [0, 0.1) is 17.3 Å². The first-order valence-corrected chi connectivity index (χ1v) is 11.9. The molecule has 0 spiro atoms. The maximum atomic E-state index is 11.2. The van der Waals surface area contributed by atoms with Crippen LogP contribution in [0.15, 0.2) is 36.4 Å². The summed E-state index contributed by atoms with van der Waals surface area (Å²) >= 11 is 0. The van der Waals surface area contributed by atoms with E-state index in [2.05, 4.69) is 62.1 Å². The zero-order valence-electron chi connectivity index (χ0n) is 19.3. The Bertz CT molecular complexity index is 900. The molecule has 1 aliphatic heterocycles. The molecule has 1 aliphatic carbocycles. The summed E-state index contributed by atoms with van der Waals surface area (Å²) in [6.45, 7) is 9.63. The monoisotopic (exact) mass is 423 g/mol. The van der Waals surface area contributed by atoms with Gasteiger partial charge in [0, 0.05) is 6.54 Å². The largest absolute Gasteiger partial charge is 0.490 e. The van der Waals surface area contributed by atoms with Crippen molar-refractivity contribution in [2.45, 2.75) is 71.9 Å². The molecule has 1 heterocycles. The zero-order valence-corrected chi connectivity index (χ0v) is 19.3. The maximum absolute atomic E-state index is 11.2. The van der Waals surface area contributed by atoms with E-state index >= 15 is 0 Å². The van der Waals surface area contributed by atoms with Gasteiger partial charge in [0.2, 0.25) is 0 Å². The van der Waals surface area contributed by atoms with Crippen molar-refractivity contribution in [1.82, 2.24) is 4.90 Å². The molecule has 2 aromatic rings. The molecule has 31 heavy (non-hydrogen) atoms. The second-order valence-electron chi connectivity index (χ2n) is 10.6. The average Bonchev–Trinajstić information content (AvgIpc) is 2.74. The van der Waals surface area contributed by atoms with Gasteiger partial charge in [-0.05, 0) is 91.4 Å². The summed E-state index contributed by atoms with van der Waals surface area (Å²) in [5.41, 5.74) is 1.69. The van der Waals surface area contributed by atoms with Gasteiger partial charge < -0.3 is 9.84 Å². The standard InChI is InChI=1S/C27H37NO3/c1-27(2,3)22-8-11-23(12-9-22)31-24-10-7-19-5-4-6-21(25(19)17-24)18-28-15-13-20(14-16-28)26(29)30/h4-7,10,17,20,22-23H,8-9,11-16,18H2,1-3H3,(H,29,30). The number of piperidine rings is 1. The fourth-order valence-electron chi connectivity index (χ4n) is 5.35. The quantitative estimate of drug-likeness (QED) is 0.629. The Morgan fingerprint density at radius 1 is 1.03 bits per heavy atom. The summed E-state index contributed by atoms with van der Waals surface area (Å²) in [5, 5.41) is 11.7. The third-order valence-corrected chi connectivity index (χ3v) is 7.48. The van der Waals surface area contributed by atoms with Crippen LogP contribution < -0.4 is 4.74 Å². The van der Waals surface area contributed by atoms with Gasteiger partial charge in [0.25, 0.3) is 0 Å². The van der Waals surface area contributed by atoms with Crippen LogP contribution >= 0.6 is 0 Å². The number of carboxylic acid groups (broad SMARTS) is 1. The van der Waals surface area contributed by atoms with Gasteiger partial charge in [-0.3, -0.25) is 9.69 Å². The molecular weight excluding hydrogens is 386 g/mol. The van der Waals surface area contributed by atoms with E-state index in [0.717, 1.165) is 57.0 Å². The van der Waals surface area contributed by atoms with Crippen molar-refractivity contribution in [3.05, 3.63) is 42.0 Å². The van der Waals surface area contributed by atoms with Crippen LogP contribution in [0.3, 0.4) is 0 Å². The summed E-state index contributed by atoms with van der Waals surface area (Å²) in [4.78, 5) is 13.6. The summed E-state index contributed by atoms with van der Waals surface area (Å²) in [5.74, 6) is 0.935. The zero-order chi connectivity index (χ0) is 22.0. The van der Waals surface area contributed by atoms with Gasteiger partial charge in [-0.15, -0.1) is 0 Å². The van der Waals surface area contributed by atoms with E-state index in [9.17, 15) is 9.90 Å². The fraction of sp³-hybridized carbons (Fsp3) is 0.593. The number of aliphatic carboxylic acids is 1. The third-order valence-electron chi connectivity index (χ3n) is 7.48. The first-order chi connectivity index (χ1) is 14.8. The normalized spacial score (nSPS) is 23.7. The number of ether oxygens (including phenoxy) is 1. The molecule has 1 saturated heterocycles. The molecule has 0 aromatic heterocycles. The molecule has 0 amide bonds. The number of benzene rings is 2. The summed E-state index contributed by atoms with van der Waals surface area (Å²) in [6, 6.07) is 13.0. The Hall–Kier alpha value is -2.07. The van der Waals surface area contributed by atoms with Gasteiger partial charge in [-0.25, -0.2) is 0 Å². The molecule has 0 unspecified atom stereocenters. The molecule has 168 valence electrons. The van der Waals surface area contributed by atoms with Crippen molar-refractivity contribution >= 4 is 16.7 Å². The van der Waals surface area contributed by atoms with E-state index in [4.69, 9.17) is 4.74 Å². The van der Waals surface area contributed by atoms with Gasteiger partial charge >= 0.3 is 5.97 Å². The van der Waals surface area contributed by atoms with E-state index in [1.54, 1.807) is 0 Å². The molecule has 2 fully saturated rings. The summed E-state index contributed by atoms with van der Waals surface area (Å²) < 4.78 is 6.43. The number of carboxylic acids is 1. The Kier molecular flexibility index (Phi) is 6.57. The lowest BCUT2D eigenvalue weighted by molar-refractivity contribution is -0.143. The molecule has 1 N–H and O–H groups in total. The summed E-state index contributed by atoms with van der Waals surface area (Å²) in [7, 11) is 0. The van der Waals surface area contributed by atoms with Crippen LogP contribution in [0.2, 0.25) is 0 Å². The van der Waals surface area contributed by atoms with Crippen LogP contribution in [0.5, 0.6) is 5.75 Å². The summed E-state index contributed by atoms with van der Waals surface area (Å²) in [6.07, 6.45) is 6.58. The van der Waals surface area contributed by atoms with E-state index in [1.807, 2.05) is 0 Å². The topological polar surface area (TPSA) is 49.8 Å². The fourth-order valence-corrected chi connectivity index (χ4v) is 5.35.